The van der Waals surface area contributed by atoms with Crippen LogP contribution >= 0.6 is 0 Å². The number of nitrogens with zero attached hydrogens (tertiary/aromatic N) is 3. The number of hydrogen-bond donors (Lipinski definition) is 1. The molecule has 1 amide bonds. The highest BCUT2D eigenvalue weighted by molar-refractivity contribution is 7.92. The lowest BCUT2D eigenvalue weighted by molar-refractivity contribution is -0.127. The van der Waals surface area contributed by atoms with Gasteiger partial charge in [0.2, 0.25) is 5.91 Å². The number of carbonyl (C=O) groups is 1. The van der Waals surface area contributed by atoms with Crippen LogP contribution in [0.3, 0.4) is 0 Å². The van der Waals surface area contributed by atoms with Crippen molar-refractivity contribution in [3.63, 3.8) is 0 Å². The zero-order chi connectivity index (χ0) is 23.8. The van der Waals surface area contributed by atoms with Gasteiger partial charge in [0.25, 0.3) is 10.0 Å². The Hall–Kier alpha value is -3.59. The van der Waals surface area contributed by atoms with Gasteiger partial charge in [0, 0.05) is 44.8 Å². The van der Waals surface area contributed by atoms with Gasteiger partial charge in [-0.3, -0.25) is 14.1 Å². The number of benzene rings is 2. The Labute approximate surface area is 194 Å². The third-order valence-corrected chi connectivity index (χ3v) is 6.60. The van der Waals surface area contributed by atoms with Gasteiger partial charge in [-0.1, -0.05) is 18.2 Å². The van der Waals surface area contributed by atoms with Crippen molar-refractivity contribution in [2.24, 2.45) is 0 Å². The first-order chi connectivity index (χ1) is 15.8. The molecule has 3 aromatic rings. The van der Waals surface area contributed by atoms with Crippen molar-refractivity contribution in [1.82, 2.24) is 9.88 Å². The van der Waals surface area contributed by atoms with Gasteiger partial charge in [-0.05, 0) is 48.9 Å². The molecule has 0 aliphatic heterocycles. The van der Waals surface area contributed by atoms with Crippen molar-refractivity contribution in [2.75, 3.05) is 43.4 Å². The van der Waals surface area contributed by atoms with Crippen LogP contribution in [0.15, 0.2) is 78.0 Å². The first-order valence-electron chi connectivity index (χ1n) is 10.4. The van der Waals surface area contributed by atoms with E-state index in [0.29, 0.717) is 24.6 Å². The van der Waals surface area contributed by atoms with Crippen LogP contribution in [0.2, 0.25) is 0 Å². The number of sulfonamides is 1. The van der Waals surface area contributed by atoms with Gasteiger partial charge in [-0.15, -0.1) is 0 Å². The molecule has 0 unspecified atom stereocenters. The Kier molecular flexibility index (Phi) is 7.89. The van der Waals surface area contributed by atoms with Crippen LogP contribution in [0.1, 0.15) is 5.56 Å². The SMILES string of the molecule is Cc1cc(OCCNc2ccncc2)cc(N(CC(=O)N(C)C)S(=O)(=O)c2ccccc2)c1. The summed E-state index contributed by atoms with van der Waals surface area (Å²) in [7, 11) is -0.778. The molecule has 0 saturated carbocycles. The maximum absolute atomic E-state index is 13.4. The highest BCUT2D eigenvalue weighted by atomic mass is 32.2. The topological polar surface area (TPSA) is 91.8 Å². The molecular weight excluding hydrogens is 440 g/mol. The van der Waals surface area contributed by atoms with Crippen molar-refractivity contribution >= 4 is 27.3 Å². The molecule has 2 aromatic carbocycles. The summed E-state index contributed by atoms with van der Waals surface area (Å²) in [5.74, 6) is 0.187. The first-order valence-corrected chi connectivity index (χ1v) is 11.9. The lowest BCUT2D eigenvalue weighted by atomic mass is 10.2. The number of hydrogen-bond acceptors (Lipinski definition) is 6. The van der Waals surface area contributed by atoms with Crippen molar-refractivity contribution in [3.05, 3.63) is 78.6 Å². The predicted octanol–water partition coefficient (Wildman–Crippen LogP) is 3.16. The van der Waals surface area contributed by atoms with Crippen LogP contribution in [-0.2, 0) is 14.8 Å². The van der Waals surface area contributed by atoms with E-state index in [-0.39, 0.29) is 17.3 Å². The summed E-state index contributed by atoms with van der Waals surface area (Å²) in [5.41, 5.74) is 2.11. The molecule has 0 radical (unpaired) electrons. The van der Waals surface area contributed by atoms with Crippen molar-refractivity contribution in [3.8, 4) is 5.75 Å². The number of rotatable bonds is 10. The normalized spacial score (nSPS) is 11.0. The summed E-state index contributed by atoms with van der Waals surface area (Å²) >= 11 is 0. The maximum Gasteiger partial charge on any atom is 0.264 e. The van der Waals surface area contributed by atoms with Crippen molar-refractivity contribution in [1.29, 1.82) is 0 Å². The molecule has 0 spiro atoms. The number of likely N-dealkylation sites (N-methyl/N-ethyl adjacent to an activating group) is 1. The third kappa shape index (κ3) is 6.45. The molecule has 1 N–H and O–H groups in total. The smallest absolute Gasteiger partial charge is 0.264 e. The van der Waals surface area contributed by atoms with Crippen molar-refractivity contribution in [2.45, 2.75) is 11.8 Å². The van der Waals surface area contributed by atoms with Crippen LogP contribution < -0.4 is 14.4 Å². The standard InChI is InChI=1S/C24H28N4O4S/c1-19-15-21(17-22(16-19)32-14-13-26-20-9-11-25-12-10-20)28(18-24(29)27(2)3)33(30,31)23-7-5-4-6-8-23/h4-12,15-17H,13-14,18H2,1-3H3,(H,25,26). The highest BCUT2D eigenvalue weighted by Crippen LogP contribution is 2.29. The fourth-order valence-electron chi connectivity index (χ4n) is 3.09. The van der Waals surface area contributed by atoms with Gasteiger partial charge in [0.15, 0.2) is 0 Å². The number of ether oxygens (including phenoxy) is 1. The Morgan fingerprint density at radius 1 is 1.03 bits per heavy atom. The second kappa shape index (κ2) is 10.8. The van der Waals surface area contributed by atoms with Crippen LogP contribution in [0, 0.1) is 6.92 Å². The van der Waals surface area contributed by atoms with E-state index in [1.165, 1.54) is 17.0 Å². The number of amides is 1. The zero-order valence-corrected chi connectivity index (χ0v) is 19.7. The quantitative estimate of drug-likeness (QED) is 0.460. The van der Waals surface area contributed by atoms with Crippen molar-refractivity contribution < 1.29 is 17.9 Å². The van der Waals surface area contributed by atoms with E-state index in [4.69, 9.17) is 4.74 Å². The molecule has 0 saturated heterocycles. The summed E-state index contributed by atoms with van der Waals surface area (Å²) in [4.78, 5) is 18.0. The van der Waals surface area contributed by atoms with E-state index in [9.17, 15) is 13.2 Å². The van der Waals surface area contributed by atoms with Crippen LogP contribution in [0.5, 0.6) is 5.75 Å². The molecule has 0 aliphatic rings. The minimum Gasteiger partial charge on any atom is -0.492 e. The summed E-state index contributed by atoms with van der Waals surface area (Å²) in [5, 5.41) is 3.23. The monoisotopic (exact) mass is 468 g/mol. The summed E-state index contributed by atoms with van der Waals surface area (Å²) in [6, 6.07) is 17.0. The molecule has 0 fully saturated rings. The Balaban J connectivity index is 1.84. The van der Waals surface area contributed by atoms with Gasteiger partial charge in [-0.25, -0.2) is 8.42 Å². The van der Waals surface area contributed by atoms with E-state index >= 15 is 0 Å². The molecule has 8 nitrogen and oxygen atoms in total. The number of aryl methyl sites for hydroxylation is 1. The van der Waals surface area contributed by atoms with E-state index in [0.717, 1.165) is 15.6 Å². The average Bonchev–Trinajstić information content (AvgIpc) is 2.81. The number of carbonyl (C=O) groups excluding carboxylic acids is 1. The summed E-state index contributed by atoms with van der Waals surface area (Å²) in [6.07, 6.45) is 3.40. The van der Waals surface area contributed by atoms with Crippen LogP contribution in [0.4, 0.5) is 11.4 Å². The molecule has 174 valence electrons. The fourth-order valence-corrected chi connectivity index (χ4v) is 4.51. The largest absolute Gasteiger partial charge is 0.492 e. The number of anilines is 2. The first kappa shape index (κ1) is 24.1. The molecule has 1 heterocycles. The van der Waals surface area contributed by atoms with Gasteiger partial charge in [0.05, 0.1) is 10.6 Å². The lowest BCUT2D eigenvalue weighted by Crippen LogP contribution is -2.40. The highest BCUT2D eigenvalue weighted by Gasteiger charge is 2.28. The van der Waals surface area contributed by atoms with Gasteiger partial charge in [0.1, 0.15) is 18.9 Å². The summed E-state index contributed by atoms with van der Waals surface area (Å²) < 4.78 is 33.9. The van der Waals surface area contributed by atoms with E-state index in [1.807, 2.05) is 25.1 Å². The Morgan fingerprint density at radius 3 is 2.39 bits per heavy atom. The second-order valence-electron chi connectivity index (χ2n) is 7.63. The van der Waals surface area contributed by atoms with Gasteiger partial charge < -0.3 is 15.0 Å². The molecule has 0 aliphatic carbocycles. The second-order valence-corrected chi connectivity index (χ2v) is 9.49. The Morgan fingerprint density at radius 2 is 1.73 bits per heavy atom. The van der Waals surface area contributed by atoms with Gasteiger partial charge in [-0.2, -0.15) is 0 Å². The number of nitrogens with one attached hydrogen (secondary N) is 1. The Bertz CT molecular complexity index is 1170. The predicted molar refractivity (Wildman–Crippen MR) is 129 cm³/mol. The van der Waals surface area contributed by atoms with Crippen LogP contribution in [-0.4, -0.2) is 58.0 Å². The molecule has 33 heavy (non-hydrogen) atoms. The molecule has 0 bridgehead atoms. The number of aromatic nitrogens is 1. The fraction of sp³-hybridized carbons (Fsp3) is 0.250. The molecule has 1 aromatic heterocycles. The van der Waals surface area contributed by atoms with Crippen LogP contribution in [0.25, 0.3) is 0 Å². The number of pyridine rings is 1. The van der Waals surface area contributed by atoms with E-state index in [1.54, 1.807) is 56.8 Å². The van der Waals surface area contributed by atoms with E-state index in [2.05, 4.69) is 10.3 Å². The minimum atomic E-state index is -3.97. The van der Waals surface area contributed by atoms with Gasteiger partial charge >= 0.3 is 0 Å². The zero-order valence-electron chi connectivity index (χ0n) is 18.9. The third-order valence-electron chi connectivity index (χ3n) is 4.81. The average molecular weight is 469 g/mol. The maximum atomic E-state index is 13.4. The molecule has 3 rings (SSSR count). The lowest BCUT2D eigenvalue weighted by Gasteiger charge is -2.26. The minimum absolute atomic E-state index is 0.113. The molecule has 0 atom stereocenters. The summed E-state index contributed by atoms with van der Waals surface area (Å²) in [6.45, 7) is 2.45. The van der Waals surface area contributed by atoms with E-state index < -0.39 is 10.0 Å². The molecule has 9 heteroatoms. The molecular formula is C24H28N4O4S.